The SMILES string of the molecule is CCCn1cc(C(N)c2c(Cl)cccc2Cl)cn1. The molecule has 3 nitrogen and oxygen atoms in total. The predicted molar refractivity (Wildman–Crippen MR) is 75.0 cm³/mol. The van der Waals surface area contributed by atoms with Gasteiger partial charge < -0.3 is 5.73 Å². The fraction of sp³-hybridized carbons (Fsp3) is 0.308. The summed E-state index contributed by atoms with van der Waals surface area (Å²) in [5, 5.41) is 5.43. The van der Waals surface area contributed by atoms with E-state index in [0.29, 0.717) is 10.0 Å². The Bertz CT molecular complexity index is 517. The van der Waals surface area contributed by atoms with Crippen LogP contribution in [0, 0.1) is 0 Å². The summed E-state index contributed by atoms with van der Waals surface area (Å²) in [6, 6.07) is 5.04. The highest BCUT2D eigenvalue weighted by atomic mass is 35.5. The Morgan fingerprint density at radius 2 is 2.00 bits per heavy atom. The topological polar surface area (TPSA) is 43.8 Å². The Hall–Kier alpha value is -1.03. The highest BCUT2D eigenvalue weighted by Crippen LogP contribution is 2.32. The molecular formula is C13H15Cl2N3. The predicted octanol–water partition coefficient (Wildman–Crippen LogP) is 3.65. The van der Waals surface area contributed by atoms with Gasteiger partial charge in [0.25, 0.3) is 0 Å². The molecule has 2 aromatic rings. The highest BCUT2D eigenvalue weighted by molar-refractivity contribution is 6.36. The number of benzene rings is 1. The van der Waals surface area contributed by atoms with Gasteiger partial charge in [0, 0.05) is 33.9 Å². The number of nitrogens with zero attached hydrogens (tertiary/aromatic N) is 2. The van der Waals surface area contributed by atoms with Crippen LogP contribution in [-0.4, -0.2) is 9.78 Å². The molecule has 1 atom stereocenters. The van der Waals surface area contributed by atoms with Crippen LogP contribution in [0.3, 0.4) is 0 Å². The fourth-order valence-corrected chi connectivity index (χ4v) is 2.50. The van der Waals surface area contributed by atoms with Crippen molar-refractivity contribution in [2.45, 2.75) is 25.9 Å². The summed E-state index contributed by atoms with van der Waals surface area (Å²) < 4.78 is 1.87. The van der Waals surface area contributed by atoms with E-state index in [0.717, 1.165) is 24.1 Å². The molecule has 0 aliphatic rings. The molecule has 0 fully saturated rings. The maximum Gasteiger partial charge on any atom is 0.0612 e. The zero-order valence-corrected chi connectivity index (χ0v) is 11.6. The second-order valence-corrected chi connectivity index (χ2v) is 4.96. The van der Waals surface area contributed by atoms with Gasteiger partial charge in [-0.3, -0.25) is 4.68 Å². The largest absolute Gasteiger partial charge is 0.320 e. The van der Waals surface area contributed by atoms with Gasteiger partial charge >= 0.3 is 0 Å². The van der Waals surface area contributed by atoms with E-state index in [4.69, 9.17) is 28.9 Å². The Morgan fingerprint density at radius 1 is 1.33 bits per heavy atom. The zero-order chi connectivity index (χ0) is 13.1. The number of hydrogen-bond donors (Lipinski definition) is 1. The Morgan fingerprint density at radius 3 is 2.61 bits per heavy atom. The lowest BCUT2D eigenvalue weighted by Gasteiger charge is -2.13. The monoisotopic (exact) mass is 283 g/mol. The third-order valence-electron chi connectivity index (χ3n) is 2.78. The first-order chi connectivity index (χ1) is 8.63. The van der Waals surface area contributed by atoms with Crippen molar-refractivity contribution in [3.8, 4) is 0 Å². The van der Waals surface area contributed by atoms with E-state index in [2.05, 4.69) is 12.0 Å². The molecule has 0 aliphatic heterocycles. The van der Waals surface area contributed by atoms with Crippen molar-refractivity contribution in [1.29, 1.82) is 0 Å². The van der Waals surface area contributed by atoms with E-state index < -0.39 is 0 Å². The van der Waals surface area contributed by atoms with Gasteiger partial charge in [0.2, 0.25) is 0 Å². The Balaban J connectivity index is 2.32. The maximum atomic E-state index is 6.21. The van der Waals surface area contributed by atoms with Crippen LogP contribution >= 0.6 is 23.2 Å². The molecule has 2 rings (SSSR count). The van der Waals surface area contributed by atoms with Crippen molar-refractivity contribution in [2.75, 3.05) is 0 Å². The van der Waals surface area contributed by atoms with Crippen LogP contribution in [0.2, 0.25) is 10.0 Å². The van der Waals surface area contributed by atoms with Gasteiger partial charge in [-0.15, -0.1) is 0 Å². The van der Waals surface area contributed by atoms with Gasteiger partial charge in [0.05, 0.1) is 12.2 Å². The molecule has 5 heteroatoms. The van der Waals surface area contributed by atoms with E-state index in [1.807, 2.05) is 10.9 Å². The summed E-state index contributed by atoms with van der Waals surface area (Å²) in [5.41, 5.74) is 7.87. The quantitative estimate of drug-likeness (QED) is 0.931. The second kappa shape index (κ2) is 5.74. The number of hydrogen-bond acceptors (Lipinski definition) is 2. The van der Waals surface area contributed by atoms with Crippen molar-refractivity contribution < 1.29 is 0 Å². The summed E-state index contributed by atoms with van der Waals surface area (Å²) in [6.07, 6.45) is 4.73. The normalized spacial score (nSPS) is 12.7. The lowest BCUT2D eigenvalue weighted by atomic mass is 10.0. The minimum atomic E-state index is -0.350. The van der Waals surface area contributed by atoms with Gasteiger partial charge in [-0.05, 0) is 18.6 Å². The Labute approximate surface area is 117 Å². The highest BCUT2D eigenvalue weighted by Gasteiger charge is 2.17. The van der Waals surface area contributed by atoms with Gasteiger partial charge in [0.1, 0.15) is 0 Å². The van der Waals surface area contributed by atoms with Crippen LogP contribution in [0.5, 0.6) is 0 Å². The van der Waals surface area contributed by atoms with Crippen molar-refractivity contribution >= 4 is 23.2 Å². The molecule has 1 heterocycles. The molecular weight excluding hydrogens is 269 g/mol. The number of halogens is 2. The maximum absolute atomic E-state index is 6.21. The molecule has 0 amide bonds. The van der Waals surface area contributed by atoms with E-state index in [-0.39, 0.29) is 6.04 Å². The summed E-state index contributed by atoms with van der Waals surface area (Å²) in [5.74, 6) is 0. The van der Waals surface area contributed by atoms with E-state index in [1.165, 1.54) is 0 Å². The molecule has 1 aromatic heterocycles. The Kier molecular flexibility index (Phi) is 4.27. The van der Waals surface area contributed by atoms with Gasteiger partial charge in [-0.25, -0.2) is 0 Å². The molecule has 96 valence electrons. The van der Waals surface area contributed by atoms with Crippen molar-refractivity contribution in [3.63, 3.8) is 0 Å². The third kappa shape index (κ3) is 2.69. The lowest BCUT2D eigenvalue weighted by molar-refractivity contribution is 0.602. The minimum absolute atomic E-state index is 0.350. The van der Waals surface area contributed by atoms with Crippen LogP contribution in [0.25, 0.3) is 0 Å². The molecule has 0 aliphatic carbocycles. The van der Waals surface area contributed by atoms with Crippen LogP contribution in [-0.2, 0) is 6.54 Å². The standard InChI is InChI=1S/C13H15Cl2N3/c1-2-6-18-8-9(7-17-18)13(16)12-10(14)4-3-5-11(12)15/h3-5,7-8,13H,2,6,16H2,1H3. The van der Waals surface area contributed by atoms with Crippen molar-refractivity contribution in [3.05, 3.63) is 51.8 Å². The molecule has 0 bridgehead atoms. The van der Waals surface area contributed by atoms with Gasteiger partial charge in [-0.1, -0.05) is 36.2 Å². The fourth-order valence-electron chi connectivity index (χ4n) is 1.87. The molecule has 0 saturated heterocycles. The molecule has 2 N–H and O–H groups in total. The first kappa shape index (κ1) is 13.4. The van der Waals surface area contributed by atoms with Crippen LogP contribution in [0.4, 0.5) is 0 Å². The summed E-state index contributed by atoms with van der Waals surface area (Å²) >= 11 is 12.3. The van der Waals surface area contributed by atoms with E-state index in [1.54, 1.807) is 24.4 Å². The summed E-state index contributed by atoms with van der Waals surface area (Å²) in [7, 11) is 0. The molecule has 1 unspecified atom stereocenters. The zero-order valence-electron chi connectivity index (χ0n) is 10.1. The number of nitrogens with two attached hydrogens (primary N) is 1. The molecule has 0 saturated carbocycles. The molecule has 1 aromatic carbocycles. The third-order valence-corrected chi connectivity index (χ3v) is 3.43. The summed E-state index contributed by atoms with van der Waals surface area (Å²) in [6.45, 7) is 2.98. The average Bonchev–Trinajstić information content (AvgIpc) is 2.78. The van der Waals surface area contributed by atoms with Gasteiger partial charge in [-0.2, -0.15) is 5.10 Å². The van der Waals surface area contributed by atoms with Crippen LogP contribution in [0.15, 0.2) is 30.6 Å². The summed E-state index contributed by atoms with van der Waals surface area (Å²) in [4.78, 5) is 0. The van der Waals surface area contributed by atoms with E-state index in [9.17, 15) is 0 Å². The first-order valence-electron chi connectivity index (χ1n) is 5.85. The van der Waals surface area contributed by atoms with Crippen molar-refractivity contribution in [2.24, 2.45) is 5.73 Å². The number of aromatic nitrogens is 2. The smallest absolute Gasteiger partial charge is 0.0612 e. The molecule has 18 heavy (non-hydrogen) atoms. The average molecular weight is 284 g/mol. The van der Waals surface area contributed by atoms with Crippen LogP contribution in [0.1, 0.15) is 30.5 Å². The number of rotatable bonds is 4. The molecule has 0 radical (unpaired) electrons. The lowest BCUT2D eigenvalue weighted by Crippen LogP contribution is -2.12. The van der Waals surface area contributed by atoms with Gasteiger partial charge in [0.15, 0.2) is 0 Å². The first-order valence-corrected chi connectivity index (χ1v) is 6.61. The second-order valence-electron chi connectivity index (χ2n) is 4.15. The van der Waals surface area contributed by atoms with Crippen LogP contribution < -0.4 is 5.73 Å². The van der Waals surface area contributed by atoms with E-state index >= 15 is 0 Å². The molecule has 0 spiro atoms. The minimum Gasteiger partial charge on any atom is -0.320 e. The van der Waals surface area contributed by atoms with Crippen molar-refractivity contribution in [1.82, 2.24) is 9.78 Å². The number of aryl methyl sites for hydroxylation is 1.